The van der Waals surface area contributed by atoms with Crippen LogP contribution in [-0.2, 0) is 23.8 Å². The fraction of sp³-hybridized carbons (Fsp3) is 0.286. The Morgan fingerprint density at radius 1 is 1.20 bits per heavy atom. The number of aliphatic carboxylic acids is 1. The lowest BCUT2D eigenvalue weighted by Crippen LogP contribution is -2.24. The Bertz CT molecular complexity index is 476. The number of carbonyl (C=O) groups excluding carboxylic acids is 1. The van der Waals surface area contributed by atoms with Crippen LogP contribution in [0.2, 0.25) is 0 Å². The van der Waals surface area contributed by atoms with Gasteiger partial charge in [0.05, 0.1) is 0 Å². The van der Waals surface area contributed by atoms with Crippen molar-refractivity contribution in [3.05, 3.63) is 41.5 Å². The lowest BCUT2D eigenvalue weighted by molar-refractivity contribution is -0.164. The fourth-order valence-electron chi connectivity index (χ4n) is 1.38. The number of carbonyl (C=O) groups is 2. The van der Waals surface area contributed by atoms with Gasteiger partial charge in [-0.1, -0.05) is 30.3 Å². The van der Waals surface area contributed by atoms with Crippen LogP contribution in [0.15, 0.2) is 35.9 Å². The first-order valence-corrected chi connectivity index (χ1v) is 5.81. The van der Waals surface area contributed by atoms with Crippen molar-refractivity contribution >= 4 is 18.0 Å². The molecule has 0 aliphatic heterocycles. The van der Waals surface area contributed by atoms with E-state index in [9.17, 15) is 9.59 Å². The predicted octanol–water partition coefficient (Wildman–Crippen LogP) is 1.32. The monoisotopic (exact) mass is 280 g/mol. The zero-order chi connectivity index (χ0) is 15.0. The topological polar surface area (TPSA) is 82.1 Å². The molecule has 0 saturated heterocycles. The lowest BCUT2D eigenvalue weighted by Gasteiger charge is -2.13. The molecule has 1 aromatic carbocycles. The number of hydrogen-bond acceptors (Lipinski definition) is 5. The number of esters is 1. The first-order chi connectivity index (χ1) is 9.58. The molecule has 0 atom stereocenters. The number of rotatable bonds is 7. The van der Waals surface area contributed by atoms with Crippen LogP contribution in [0.5, 0.6) is 0 Å². The Morgan fingerprint density at radius 2 is 1.80 bits per heavy atom. The molecular weight excluding hydrogens is 264 g/mol. The summed E-state index contributed by atoms with van der Waals surface area (Å²) in [5.74, 6) is -2.30. The minimum absolute atomic E-state index is 0.189. The van der Waals surface area contributed by atoms with E-state index in [1.807, 2.05) is 0 Å². The summed E-state index contributed by atoms with van der Waals surface area (Å²) < 4.78 is 14.5. The zero-order valence-corrected chi connectivity index (χ0v) is 11.2. The standard InChI is InChI=1S/C14H16O6/c1-18-12(19-2)9-20-14(17)11(13(15)16)8-10-6-4-3-5-7-10/h3-8,12H,9H2,1-2H3,(H,15,16). The van der Waals surface area contributed by atoms with E-state index in [-0.39, 0.29) is 6.61 Å². The summed E-state index contributed by atoms with van der Waals surface area (Å²) in [6.45, 7) is -0.189. The van der Waals surface area contributed by atoms with Gasteiger partial charge in [-0.25, -0.2) is 9.59 Å². The van der Waals surface area contributed by atoms with Gasteiger partial charge in [-0.15, -0.1) is 0 Å². The highest BCUT2D eigenvalue weighted by atomic mass is 16.7. The third kappa shape index (κ3) is 4.83. The second kappa shape index (κ2) is 8.08. The first-order valence-electron chi connectivity index (χ1n) is 5.81. The van der Waals surface area contributed by atoms with Crippen LogP contribution in [0.3, 0.4) is 0 Å². The smallest absolute Gasteiger partial charge is 0.345 e. The SMILES string of the molecule is COC(COC(=O)C(=Cc1ccccc1)C(=O)O)OC. The van der Waals surface area contributed by atoms with Gasteiger partial charge in [0.1, 0.15) is 12.2 Å². The molecule has 0 radical (unpaired) electrons. The molecule has 1 N–H and O–H groups in total. The van der Waals surface area contributed by atoms with Gasteiger partial charge in [0.25, 0.3) is 0 Å². The summed E-state index contributed by atoms with van der Waals surface area (Å²) in [7, 11) is 2.78. The van der Waals surface area contributed by atoms with Crippen LogP contribution in [0.25, 0.3) is 6.08 Å². The van der Waals surface area contributed by atoms with Crippen LogP contribution in [0, 0.1) is 0 Å². The highest BCUT2D eigenvalue weighted by Crippen LogP contribution is 2.09. The fourth-order valence-corrected chi connectivity index (χ4v) is 1.38. The molecule has 0 aromatic heterocycles. The van der Waals surface area contributed by atoms with E-state index in [1.54, 1.807) is 30.3 Å². The summed E-state index contributed by atoms with van der Waals surface area (Å²) in [6, 6.07) is 8.63. The second-order valence-electron chi connectivity index (χ2n) is 3.77. The summed E-state index contributed by atoms with van der Waals surface area (Å²) in [5.41, 5.74) is 0.138. The molecule has 0 heterocycles. The summed E-state index contributed by atoms with van der Waals surface area (Å²) in [6.07, 6.45) is 0.518. The number of carboxylic acids is 1. The first kappa shape index (κ1) is 15.9. The number of benzene rings is 1. The van der Waals surface area contributed by atoms with Crippen LogP contribution in [0.4, 0.5) is 0 Å². The zero-order valence-electron chi connectivity index (χ0n) is 11.2. The summed E-state index contributed by atoms with van der Waals surface area (Å²) in [4.78, 5) is 22.8. The highest BCUT2D eigenvalue weighted by Gasteiger charge is 2.20. The maximum absolute atomic E-state index is 11.7. The minimum atomic E-state index is -1.36. The van der Waals surface area contributed by atoms with Crippen molar-refractivity contribution in [3.63, 3.8) is 0 Å². The van der Waals surface area contributed by atoms with Gasteiger partial charge in [0.2, 0.25) is 0 Å². The molecule has 0 spiro atoms. The number of carboxylic acid groups (broad SMARTS) is 1. The van der Waals surface area contributed by atoms with E-state index in [2.05, 4.69) is 0 Å². The maximum atomic E-state index is 11.7. The third-order valence-electron chi connectivity index (χ3n) is 2.44. The molecule has 0 amide bonds. The van der Waals surface area contributed by atoms with E-state index in [1.165, 1.54) is 20.3 Å². The Hall–Kier alpha value is -2.18. The van der Waals surface area contributed by atoms with Crippen molar-refractivity contribution < 1.29 is 28.9 Å². The lowest BCUT2D eigenvalue weighted by atomic mass is 10.1. The van der Waals surface area contributed by atoms with Crippen molar-refractivity contribution in [1.82, 2.24) is 0 Å². The molecule has 1 aromatic rings. The number of hydrogen-bond donors (Lipinski definition) is 1. The molecule has 0 aliphatic rings. The molecule has 20 heavy (non-hydrogen) atoms. The van der Waals surface area contributed by atoms with Crippen molar-refractivity contribution in [2.24, 2.45) is 0 Å². The van der Waals surface area contributed by atoms with E-state index >= 15 is 0 Å². The third-order valence-corrected chi connectivity index (χ3v) is 2.44. The van der Waals surface area contributed by atoms with Gasteiger partial charge in [-0.2, -0.15) is 0 Å². The van der Waals surface area contributed by atoms with Crippen LogP contribution in [-0.4, -0.2) is 44.2 Å². The number of ether oxygens (including phenoxy) is 3. The van der Waals surface area contributed by atoms with E-state index in [0.29, 0.717) is 5.56 Å². The van der Waals surface area contributed by atoms with Gasteiger partial charge in [-0.3, -0.25) is 0 Å². The van der Waals surface area contributed by atoms with Gasteiger partial charge in [-0.05, 0) is 11.6 Å². The molecular formula is C14H16O6. The van der Waals surface area contributed by atoms with E-state index in [4.69, 9.17) is 19.3 Å². The Kier molecular flexibility index (Phi) is 6.42. The molecule has 0 unspecified atom stereocenters. The molecule has 0 aliphatic carbocycles. The largest absolute Gasteiger partial charge is 0.477 e. The Labute approximate surface area is 116 Å². The highest BCUT2D eigenvalue weighted by molar-refractivity contribution is 6.17. The van der Waals surface area contributed by atoms with Crippen molar-refractivity contribution in [3.8, 4) is 0 Å². The quantitative estimate of drug-likeness (QED) is 0.267. The van der Waals surface area contributed by atoms with Gasteiger partial charge < -0.3 is 19.3 Å². The normalized spacial score (nSPS) is 11.4. The second-order valence-corrected chi connectivity index (χ2v) is 3.77. The molecule has 0 bridgehead atoms. The molecule has 0 fully saturated rings. The van der Waals surface area contributed by atoms with E-state index < -0.39 is 23.8 Å². The van der Waals surface area contributed by atoms with Crippen LogP contribution >= 0.6 is 0 Å². The minimum Gasteiger partial charge on any atom is -0.477 e. The summed E-state index contributed by atoms with van der Waals surface area (Å²) in [5, 5.41) is 9.05. The van der Waals surface area contributed by atoms with Gasteiger partial charge >= 0.3 is 11.9 Å². The molecule has 108 valence electrons. The Morgan fingerprint density at radius 3 is 2.30 bits per heavy atom. The Balaban J connectivity index is 2.79. The van der Waals surface area contributed by atoms with Crippen molar-refractivity contribution in [2.75, 3.05) is 20.8 Å². The van der Waals surface area contributed by atoms with Crippen molar-refractivity contribution in [2.45, 2.75) is 6.29 Å². The van der Waals surface area contributed by atoms with Gasteiger partial charge in [0.15, 0.2) is 6.29 Å². The molecule has 6 nitrogen and oxygen atoms in total. The average Bonchev–Trinajstić information content (AvgIpc) is 2.46. The van der Waals surface area contributed by atoms with E-state index in [0.717, 1.165) is 0 Å². The average molecular weight is 280 g/mol. The molecule has 0 saturated carbocycles. The predicted molar refractivity (Wildman–Crippen MR) is 70.8 cm³/mol. The molecule has 1 rings (SSSR count). The van der Waals surface area contributed by atoms with Crippen LogP contribution in [0.1, 0.15) is 5.56 Å². The van der Waals surface area contributed by atoms with Crippen LogP contribution < -0.4 is 0 Å². The maximum Gasteiger partial charge on any atom is 0.345 e. The van der Waals surface area contributed by atoms with Gasteiger partial charge in [0, 0.05) is 14.2 Å². The molecule has 6 heteroatoms. The summed E-state index contributed by atoms with van der Waals surface area (Å²) >= 11 is 0. The number of methoxy groups -OCH3 is 2. The van der Waals surface area contributed by atoms with Crippen molar-refractivity contribution in [1.29, 1.82) is 0 Å².